The molecule has 6 aliphatic carbocycles. The minimum atomic E-state index is 0.625. The van der Waals surface area contributed by atoms with E-state index >= 15 is 0 Å². The molecule has 2 heteroatoms. The van der Waals surface area contributed by atoms with Gasteiger partial charge in [-0.05, 0) is 115 Å². The number of hydrogen-bond acceptors (Lipinski definition) is 2. The molecule has 16 atom stereocenters. The number of nitriles is 1. The number of fused-ring (bicyclic) bond motifs is 23. The average Bonchev–Trinajstić information content (AvgIpc) is 3.54. The fourth-order valence-electron chi connectivity index (χ4n) is 12.2. The van der Waals surface area contributed by atoms with E-state index in [0.717, 1.165) is 95.7 Å². The van der Waals surface area contributed by atoms with Gasteiger partial charge in [0.05, 0.1) is 18.3 Å². The monoisotopic (exact) mass is 389 g/mol. The first-order chi connectivity index (χ1) is 14.3. The summed E-state index contributed by atoms with van der Waals surface area (Å²) in [6, 6.07) is 2.39. The van der Waals surface area contributed by atoms with Crippen molar-refractivity contribution in [3.05, 3.63) is 12.2 Å². The predicted octanol–water partition coefficient (Wildman–Crippen LogP) is 5.31. The normalized spacial score (nSPS) is 65.9. The molecule has 16 unspecified atom stereocenters. The summed E-state index contributed by atoms with van der Waals surface area (Å²) in [5.74, 6) is 13.3. The van der Waals surface area contributed by atoms with E-state index in [9.17, 15) is 0 Å². The van der Waals surface area contributed by atoms with E-state index < -0.39 is 0 Å². The molecular weight excluding hydrogens is 354 g/mol. The lowest BCUT2D eigenvalue weighted by atomic mass is 9.53. The maximum atomic E-state index is 9.04. The van der Waals surface area contributed by atoms with Crippen molar-refractivity contribution in [1.29, 1.82) is 5.26 Å². The topological polar surface area (TPSA) is 33.0 Å². The number of nitrogens with zero attached hydrogens (tertiary/aromatic N) is 1. The summed E-state index contributed by atoms with van der Waals surface area (Å²) in [6.07, 6.45) is 15.6. The summed E-state index contributed by atoms with van der Waals surface area (Å²) in [5, 5.41) is 9.04. The quantitative estimate of drug-likeness (QED) is 0.371. The molecule has 0 aromatic rings. The minimum absolute atomic E-state index is 0.625. The fraction of sp³-hybridized carbons (Fsp3) is 0.889. The summed E-state index contributed by atoms with van der Waals surface area (Å²) >= 11 is 0. The van der Waals surface area contributed by atoms with Crippen molar-refractivity contribution in [2.45, 2.75) is 64.1 Å². The van der Waals surface area contributed by atoms with Crippen LogP contribution in [-0.2, 0) is 4.74 Å². The van der Waals surface area contributed by atoms with Gasteiger partial charge in [-0.2, -0.15) is 5.26 Å². The molecule has 2 heterocycles. The molecule has 2 nitrogen and oxygen atoms in total. The van der Waals surface area contributed by atoms with E-state index in [4.69, 9.17) is 10.00 Å². The Morgan fingerprint density at radius 1 is 0.793 bits per heavy atom. The van der Waals surface area contributed by atoms with Gasteiger partial charge in [-0.3, -0.25) is 0 Å². The van der Waals surface area contributed by atoms with Gasteiger partial charge in [-0.25, -0.2) is 0 Å². The second-order valence-corrected chi connectivity index (χ2v) is 12.4. The molecule has 154 valence electrons. The highest BCUT2D eigenvalue weighted by molar-refractivity contribution is 5.28. The van der Waals surface area contributed by atoms with Crippen molar-refractivity contribution in [3.8, 4) is 6.07 Å². The Kier molecular flexibility index (Phi) is 3.20. The molecule has 0 aromatic carbocycles. The van der Waals surface area contributed by atoms with Gasteiger partial charge in [0, 0.05) is 6.42 Å². The van der Waals surface area contributed by atoms with Crippen LogP contribution in [0.2, 0.25) is 0 Å². The summed E-state index contributed by atoms with van der Waals surface area (Å²) in [5.41, 5.74) is 0. The molecule has 5 saturated carbocycles. The minimum Gasteiger partial charge on any atom is -0.374 e. The van der Waals surface area contributed by atoms with Crippen LogP contribution in [0.4, 0.5) is 0 Å². The lowest BCUT2D eigenvalue weighted by Gasteiger charge is -2.49. The van der Waals surface area contributed by atoms with Crippen LogP contribution < -0.4 is 0 Å². The molecule has 2 aliphatic heterocycles. The zero-order valence-electron chi connectivity index (χ0n) is 17.7. The lowest BCUT2D eigenvalue weighted by Crippen LogP contribution is -2.51. The molecule has 8 bridgehead atoms. The van der Waals surface area contributed by atoms with Crippen molar-refractivity contribution in [2.75, 3.05) is 0 Å². The van der Waals surface area contributed by atoms with Crippen LogP contribution in [0.1, 0.15) is 51.9 Å². The highest BCUT2D eigenvalue weighted by Gasteiger charge is 2.77. The molecule has 0 aromatic heterocycles. The highest BCUT2D eigenvalue weighted by atomic mass is 16.5. The smallest absolute Gasteiger partial charge is 0.0648 e. The van der Waals surface area contributed by atoms with Crippen LogP contribution in [-0.4, -0.2) is 12.2 Å². The van der Waals surface area contributed by atoms with Crippen LogP contribution in [0.25, 0.3) is 0 Å². The van der Waals surface area contributed by atoms with Crippen LogP contribution in [0.3, 0.4) is 0 Å². The van der Waals surface area contributed by atoms with E-state index in [2.05, 4.69) is 25.1 Å². The standard InChI is InChI=1S/C27H35NO/c1-2-14-15(5-3-4-8-28)17-10-16(14)22-23(17)27-25-19-11-18(24(25)26(22)29-27)20-12-6-7-13(9-12)21(19)20/h6-7,12-27H,2-5,9-11H2,1H3. The SMILES string of the molecule is CCC1C(CCCC#N)C2CC1C1C3OC(C21)C1C2CC(C4C5C=CC(C5)C24)C31. The van der Waals surface area contributed by atoms with Gasteiger partial charge in [0.2, 0.25) is 0 Å². The molecule has 0 spiro atoms. The number of unbranched alkanes of at least 4 members (excludes halogenated alkanes) is 1. The van der Waals surface area contributed by atoms with Gasteiger partial charge in [-0.15, -0.1) is 0 Å². The van der Waals surface area contributed by atoms with E-state index in [1.165, 1.54) is 25.7 Å². The number of rotatable bonds is 4. The van der Waals surface area contributed by atoms with Crippen LogP contribution in [0, 0.1) is 94.2 Å². The summed E-state index contributed by atoms with van der Waals surface area (Å²) in [7, 11) is 0. The second kappa shape index (κ2) is 5.51. The maximum Gasteiger partial charge on any atom is 0.0648 e. The molecule has 8 rings (SSSR count). The highest BCUT2D eigenvalue weighted by Crippen LogP contribution is 2.78. The Hall–Kier alpha value is -0.810. The van der Waals surface area contributed by atoms with E-state index in [0.29, 0.717) is 12.2 Å². The summed E-state index contributed by atoms with van der Waals surface area (Å²) in [4.78, 5) is 0. The zero-order valence-corrected chi connectivity index (χ0v) is 17.7. The van der Waals surface area contributed by atoms with Crippen LogP contribution >= 0.6 is 0 Å². The summed E-state index contributed by atoms with van der Waals surface area (Å²) < 4.78 is 7.02. The van der Waals surface area contributed by atoms with E-state index in [-0.39, 0.29) is 0 Å². The first-order valence-electron chi connectivity index (χ1n) is 13.0. The Labute approximate surface area is 175 Å². The first-order valence-corrected chi connectivity index (χ1v) is 13.0. The Morgan fingerprint density at radius 2 is 1.38 bits per heavy atom. The van der Waals surface area contributed by atoms with E-state index in [1.807, 2.05) is 0 Å². The Balaban J connectivity index is 1.12. The maximum absolute atomic E-state index is 9.04. The third-order valence-corrected chi connectivity index (χ3v) is 12.3. The number of ether oxygens (including phenoxy) is 1. The molecule has 2 saturated heterocycles. The van der Waals surface area contributed by atoms with Gasteiger partial charge in [0.25, 0.3) is 0 Å². The van der Waals surface area contributed by atoms with Crippen molar-refractivity contribution in [3.63, 3.8) is 0 Å². The zero-order chi connectivity index (χ0) is 19.0. The number of allylic oxidation sites excluding steroid dienone is 2. The third-order valence-electron chi connectivity index (χ3n) is 12.3. The van der Waals surface area contributed by atoms with Gasteiger partial charge in [0.1, 0.15) is 0 Å². The molecular formula is C27H35NO. The van der Waals surface area contributed by atoms with Gasteiger partial charge in [-0.1, -0.05) is 25.5 Å². The second-order valence-electron chi connectivity index (χ2n) is 12.4. The fourth-order valence-corrected chi connectivity index (χ4v) is 12.2. The molecule has 0 N–H and O–H groups in total. The molecule has 7 fully saturated rings. The Morgan fingerprint density at radius 3 is 2.00 bits per heavy atom. The first kappa shape index (κ1) is 16.8. The molecule has 8 aliphatic rings. The van der Waals surface area contributed by atoms with Gasteiger partial charge < -0.3 is 4.74 Å². The largest absolute Gasteiger partial charge is 0.374 e. The van der Waals surface area contributed by atoms with Crippen molar-refractivity contribution >= 4 is 0 Å². The van der Waals surface area contributed by atoms with Gasteiger partial charge in [0.15, 0.2) is 0 Å². The average molecular weight is 390 g/mol. The van der Waals surface area contributed by atoms with Crippen LogP contribution in [0.5, 0.6) is 0 Å². The van der Waals surface area contributed by atoms with E-state index in [1.54, 1.807) is 6.42 Å². The predicted molar refractivity (Wildman–Crippen MR) is 110 cm³/mol. The molecule has 0 radical (unpaired) electrons. The molecule has 0 amide bonds. The van der Waals surface area contributed by atoms with Crippen molar-refractivity contribution in [1.82, 2.24) is 0 Å². The Bertz CT molecular complexity index is 812. The van der Waals surface area contributed by atoms with Gasteiger partial charge >= 0.3 is 0 Å². The number of hydrogen-bond donors (Lipinski definition) is 0. The lowest BCUT2D eigenvalue weighted by molar-refractivity contribution is -0.00816. The van der Waals surface area contributed by atoms with Crippen molar-refractivity contribution < 1.29 is 4.74 Å². The van der Waals surface area contributed by atoms with Crippen LogP contribution in [0.15, 0.2) is 12.2 Å². The van der Waals surface area contributed by atoms with Crippen molar-refractivity contribution in [2.24, 2.45) is 82.9 Å². The molecule has 29 heavy (non-hydrogen) atoms. The summed E-state index contributed by atoms with van der Waals surface area (Å²) in [6.45, 7) is 2.44. The third kappa shape index (κ3) is 1.75.